The van der Waals surface area contributed by atoms with E-state index in [9.17, 15) is 35.9 Å². The van der Waals surface area contributed by atoms with Crippen molar-refractivity contribution in [3.63, 3.8) is 0 Å². The van der Waals surface area contributed by atoms with Gasteiger partial charge in [-0.15, -0.1) is 0 Å². The Morgan fingerprint density at radius 3 is 2.55 bits per heavy atom. The first-order valence-corrected chi connectivity index (χ1v) is 12.1. The second-order valence-electron chi connectivity index (χ2n) is 8.59. The van der Waals surface area contributed by atoms with E-state index >= 15 is 0 Å². The Morgan fingerprint density at radius 1 is 1.24 bits per heavy atom. The molecule has 1 aliphatic heterocycles. The first-order chi connectivity index (χ1) is 15.4. The number of halogens is 4. The molecule has 1 aliphatic carbocycles. The van der Waals surface area contributed by atoms with Gasteiger partial charge in [-0.3, -0.25) is 14.1 Å². The molecule has 4 rings (SSSR count). The third-order valence-corrected chi connectivity index (χ3v) is 8.00. The van der Waals surface area contributed by atoms with Gasteiger partial charge < -0.3 is 10.0 Å². The lowest BCUT2D eigenvalue weighted by molar-refractivity contribution is -0.106. The number of benzene rings is 1. The first kappa shape index (κ1) is 23.5. The maximum absolute atomic E-state index is 13.5. The summed E-state index contributed by atoms with van der Waals surface area (Å²) in [6, 6.07) is 2.90. The Kier molecular flexibility index (Phi) is 5.92. The largest absolute Gasteiger partial charge is 0.505 e. The molecular weight excluding hydrogens is 466 g/mol. The second kappa shape index (κ2) is 8.30. The summed E-state index contributed by atoms with van der Waals surface area (Å²) in [7, 11) is -3.84. The Balaban J connectivity index is 1.79. The van der Waals surface area contributed by atoms with Gasteiger partial charge >= 0.3 is 6.18 Å². The van der Waals surface area contributed by atoms with Gasteiger partial charge in [-0.2, -0.15) is 13.2 Å². The van der Waals surface area contributed by atoms with Crippen LogP contribution < -0.4 is 4.31 Å². The zero-order chi connectivity index (χ0) is 24.1. The third-order valence-electron chi connectivity index (χ3n) is 6.29. The van der Waals surface area contributed by atoms with Crippen LogP contribution in [0.2, 0.25) is 0 Å². The van der Waals surface area contributed by atoms with E-state index in [0.29, 0.717) is 30.0 Å². The normalized spacial score (nSPS) is 21.5. The van der Waals surface area contributed by atoms with Crippen LogP contribution in [0.4, 0.5) is 23.2 Å². The second-order valence-corrected chi connectivity index (χ2v) is 10.6. The van der Waals surface area contributed by atoms with Gasteiger partial charge in [0.15, 0.2) is 11.5 Å². The monoisotopic (exact) mass is 489 g/mol. The van der Waals surface area contributed by atoms with Crippen LogP contribution in [-0.2, 0) is 16.6 Å². The molecule has 0 spiro atoms. The van der Waals surface area contributed by atoms with E-state index in [1.165, 1.54) is 23.2 Å². The highest BCUT2D eigenvalue weighted by Crippen LogP contribution is 2.45. The molecule has 1 saturated carbocycles. The van der Waals surface area contributed by atoms with Crippen molar-refractivity contribution in [3.8, 4) is 5.75 Å². The molecule has 0 atom stereocenters. The molecule has 1 aromatic heterocycles. The minimum atomic E-state index is -4.96. The Hall–Kier alpha value is -2.63. The van der Waals surface area contributed by atoms with Crippen molar-refractivity contribution in [2.24, 2.45) is 5.92 Å². The number of aromatic hydroxyl groups is 1. The quantitative estimate of drug-likeness (QED) is 0.646. The van der Waals surface area contributed by atoms with Gasteiger partial charge in [-0.1, -0.05) is 0 Å². The zero-order valence-electron chi connectivity index (χ0n) is 17.8. The number of alkyl halides is 4. The fourth-order valence-corrected chi connectivity index (χ4v) is 5.79. The number of amides is 1. The summed E-state index contributed by atoms with van der Waals surface area (Å²) in [5, 5.41) is 10.9. The number of nitrogens with zero attached hydrogens (tertiary/aromatic N) is 3. The molecule has 2 aromatic rings. The van der Waals surface area contributed by atoms with Crippen molar-refractivity contribution in [1.82, 2.24) is 9.88 Å². The van der Waals surface area contributed by atoms with Crippen molar-refractivity contribution >= 4 is 32.5 Å². The van der Waals surface area contributed by atoms with Gasteiger partial charge in [0.1, 0.15) is 11.7 Å². The molecule has 1 amide bonds. The summed E-state index contributed by atoms with van der Waals surface area (Å²) in [5.41, 5.74) is -0.221. The lowest BCUT2D eigenvalue weighted by Crippen LogP contribution is -2.36. The molecule has 33 heavy (non-hydrogen) atoms. The van der Waals surface area contributed by atoms with Crippen LogP contribution in [-0.4, -0.2) is 61.0 Å². The fraction of sp³-hybridized carbons (Fsp3) is 0.524. The number of rotatable bonds is 5. The number of carbonyl (C=O) groups is 1. The summed E-state index contributed by atoms with van der Waals surface area (Å²) >= 11 is 0. The van der Waals surface area contributed by atoms with Crippen molar-refractivity contribution < 1.29 is 35.9 Å². The number of pyridine rings is 1. The number of phenolic OH excluding ortho intramolecular Hbond substituents is 1. The molecule has 0 radical (unpaired) electrons. The predicted molar refractivity (Wildman–Crippen MR) is 113 cm³/mol. The van der Waals surface area contributed by atoms with Gasteiger partial charge in [0.05, 0.1) is 11.3 Å². The van der Waals surface area contributed by atoms with E-state index < -0.39 is 39.8 Å². The molecule has 0 unspecified atom stereocenters. The number of hydrogen-bond acceptors (Lipinski definition) is 5. The fourth-order valence-electron chi connectivity index (χ4n) is 4.70. The van der Waals surface area contributed by atoms with Gasteiger partial charge in [-0.25, -0.2) is 12.8 Å². The molecule has 180 valence electrons. The molecule has 0 bridgehead atoms. The summed E-state index contributed by atoms with van der Waals surface area (Å²) in [6.07, 6.45) is -2.54. The minimum Gasteiger partial charge on any atom is -0.505 e. The molecule has 1 aromatic carbocycles. The van der Waals surface area contributed by atoms with Crippen LogP contribution in [0.1, 0.15) is 41.6 Å². The van der Waals surface area contributed by atoms with Crippen molar-refractivity contribution in [1.29, 1.82) is 0 Å². The number of phenols is 1. The highest BCUT2D eigenvalue weighted by molar-refractivity contribution is 7.92. The molecule has 2 aliphatic rings. The Bertz CT molecular complexity index is 1190. The van der Waals surface area contributed by atoms with Crippen LogP contribution in [0.3, 0.4) is 0 Å². The van der Waals surface area contributed by atoms with Gasteiger partial charge in [0.25, 0.3) is 5.91 Å². The number of anilines is 1. The van der Waals surface area contributed by atoms with E-state index in [4.69, 9.17) is 0 Å². The summed E-state index contributed by atoms with van der Waals surface area (Å²) < 4.78 is 78.0. The Morgan fingerprint density at radius 2 is 1.91 bits per heavy atom. The van der Waals surface area contributed by atoms with Gasteiger partial charge in [-0.05, 0) is 43.7 Å². The number of fused-ring (bicyclic) bond motifs is 2. The zero-order valence-corrected chi connectivity index (χ0v) is 18.6. The number of sulfonamides is 1. The topological polar surface area (TPSA) is 90.8 Å². The lowest BCUT2D eigenvalue weighted by atomic mass is 9.88. The maximum Gasteiger partial charge on any atom is 0.404 e. The molecule has 1 fully saturated rings. The SMILES string of the molecule is CN(c1c2c(c(O)c3ncccc13)C(=O)N(CC1CCC(F)CC1)C2)S(=O)(=O)CC(F)(F)F. The van der Waals surface area contributed by atoms with Crippen molar-refractivity contribution in [3.05, 3.63) is 29.5 Å². The molecule has 7 nitrogen and oxygen atoms in total. The Labute approximate surface area is 188 Å². The lowest BCUT2D eigenvalue weighted by Gasteiger charge is -2.28. The summed E-state index contributed by atoms with van der Waals surface area (Å²) in [4.78, 5) is 18.6. The molecule has 0 saturated heterocycles. The van der Waals surface area contributed by atoms with E-state index in [0.717, 1.165) is 7.05 Å². The molecule has 2 heterocycles. The highest BCUT2D eigenvalue weighted by atomic mass is 32.2. The summed E-state index contributed by atoms with van der Waals surface area (Å²) in [6.45, 7) is 0.200. The van der Waals surface area contributed by atoms with Crippen LogP contribution >= 0.6 is 0 Å². The third kappa shape index (κ3) is 4.44. The van der Waals surface area contributed by atoms with E-state index in [1.807, 2.05) is 0 Å². The standard InChI is InChI=1S/C21H23F4N3O4S/c1-27(33(31,32)11-21(23,24)25)18-14-3-2-8-26-17(14)19(29)16-15(18)10-28(20(16)30)9-12-4-6-13(22)7-5-12/h2-3,8,12-13,29H,4-7,9-11H2,1H3. The van der Waals surface area contributed by atoms with E-state index in [-0.39, 0.29) is 46.7 Å². The molecular formula is C21H23F4N3O4S. The van der Waals surface area contributed by atoms with Crippen molar-refractivity contribution in [2.75, 3.05) is 23.7 Å². The average Bonchev–Trinajstić information content (AvgIpc) is 3.04. The smallest absolute Gasteiger partial charge is 0.404 e. The van der Waals surface area contributed by atoms with Crippen molar-refractivity contribution in [2.45, 2.75) is 44.6 Å². The predicted octanol–water partition coefficient (Wildman–Crippen LogP) is 3.75. The van der Waals surface area contributed by atoms with E-state index in [2.05, 4.69) is 4.98 Å². The first-order valence-electron chi connectivity index (χ1n) is 10.5. The highest BCUT2D eigenvalue weighted by Gasteiger charge is 2.42. The van der Waals surface area contributed by atoms with Crippen LogP contribution in [0.5, 0.6) is 5.75 Å². The van der Waals surface area contributed by atoms with Gasteiger partial charge in [0, 0.05) is 37.3 Å². The van der Waals surface area contributed by atoms with Crippen LogP contribution in [0.25, 0.3) is 10.9 Å². The minimum absolute atomic E-state index is 0.0417. The molecule has 1 N–H and O–H groups in total. The molecule has 12 heteroatoms. The number of aromatic nitrogens is 1. The number of hydrogen-bond donors (Lipinski definition) is 1. The average molecular weight is 489 g/mol. The summed E-state index contributed by atoms with van der Waals surface area (Å²) in [5.74, 6) is -3.02. The van der Waals surface area contributed by atoms with Crippen LogP contribution in [0, 0.1) is 5.92 Å². The van der Waals surface area contributed by atoms with E-state index in [1.54, 1.807) is 0 Å². The maximum atomic E-state index is 13.5. The van der Waals surface area contributed by atoms with Gasteiger partial charge in [0.2, 0.25) is 10.0 Å². The number of carbonyl (C=O) groups excluding carboxylic acids is 1. The van der Waals surface area contributed by atoms with Crippen LogP contribution in [0.15, 0.2) is 18.3 Å².